The summed E-state index contributed by atoms with van der Waals surface area (Å²) in [6, 6.07) is 11.9. The Labute approximate surface area is 161 Å². The molecule has 4 rings (SSSR count). The van der Waals surface area contributed by atoms with E-state index in [2.05, 4.69) is 16.9 Å². The Kier molecular flexibility index (Phi) is 5.23. The lowest BCUT2D eigenvalue weighted by molar-refractivity contribution is 0.00861. The minimum Gasteiger partial charge on any atom is -0.379 e. The number of amides is 1. The fraction of sp³-hybridized carbons (Fsp3) is 0.455. The van der Waals surface area contributed by atoms with Crippen molar-refractivity contribution in [2.75, 3.05) is 46.4 Å². The number of ether oxygens (including phenoxy) is 1. The number of carbonyl (C=O) groups excluding carboxylic acids is 1. The third kappa shape index (κ3) is 4.04. The lowest BCUT2D eigenvalue weighted by atomic mass is 9.80. The molecule has 1 atom stereocenters. The second-order valence-corrected chi connectivity index (χ2v) is 7.93. The second kappa shape index (κ2) is 7.79. The van der Waals surface area contributed by atoms with Gasteiger partial charge in [-0.1, -0.05) is 12.1 Å². The molecule has 1 unspecified atom stereocenters. The first-order valence-electron chi connectivity index (χ1n) is 9.71. The number of likely N-dealkylation sites (N-methyl/N-ethyl adjacent to an activating group) is 1. The summed E-state index contributed by atoms with van der Waals surface area (Å²) in [7, 11) is 2.15. The molecule has 0 aliphatic carbocycles. The van der Waals surface area contributed by atoms with Crippen molar-refractivity contribution in [2.45, 2.75) is 12.8 Å². The van der Waals surface area contributed by atoms with Gasteiger partial charge in [0.25, 0.3) is 5.91 Å². The van der Waals surface area contributed by atoms with Crippen molar-refractivity contribution in [3.8, 4) is 11.1 Å². The second-order valence-electron chi connectivity index (χ2n) is 7.93. The summed E-state index contributed by atoms with van der Waals surface area (Å²) >= 11 is 0. The van der Waals surface area contributed by atoms with E-state index in [-0.39, 0.29) is 11.3 Å². The molecule has 1 aromatic carbocycles. The van der Waals surface area contributed by atoms with Gasteiger partial charge >= 0.3 is 0 Å². The molecule has 2 aliphatic rings. The van der Waals surface area contributed by atoms with Crippen LogP contribution in [0.3, 0.4) is 0 Å². The Morgan fingerprint density at radius 2 is 1.78 bits per heavy atom. The van der Waals surface area contributed by atoms with Crippen LogP contribution in [0.2, 0.25) is 0 Å². The maximum atomic E-state index is 13.1. The SMILES string of the molecule is CN1CCOCC2(CCCN(C(=O)c3ccc(-c4ccncc4)cc3)C2)C1. The van der Waals surface area contributed by atoms with Crippen molar-refractivity contribution in [2.24, 2.45) is 5.41 Å². The summed E-state index contributed by atoms with van der Waals surface area (Å²) in [5.74, 6) is 0.127. The molecule has 3 heterocycles. The number of nitrogens with zero attached hydrogens (tertiary/aromatic N) is 3. The fourth-order valence-corrected chi connectivity index (χ4v) is 4.37. The molecule has 0 N–H and O–H groups in total. The number of hydrogen-bond acceptors (Lipinski definition) is 4. The Morgan fingerprint density at radius 3 is 2.56 bits per heavy atom. The van der Waals surface area contributed by atoms with Gasteiger partial charge in [-0.2, -0.15) is 0 Å². The Bertz CT molecular complexity index is 778. The van der Waals surface area contributed by atoms with Gasteiger partial charge in [0.2, 0.25) is 0 Å². The number of likely N-dealkylation sites (tertiary alicyclic amines) is 1. The van der Waals surface area contributed by atoms with Crippen LogP contribution < -0.4 is 0 Å². The van der Waals surface area contributed by atoms with E-state index in [1.165, 1.54) is 0 Å². The standard InChI is InChI=1S/C22H27N3O2/c1-24-13-14-27-17-22(15-24)9-2-12-25(16-22)21(26)20-5-3-18(4-6-20)19-7-10-23-11-8-19/h3-8,10-11H,2,9,12-17H2,1H3. The van der Waals surface area contributed by atoms with Crippen molar-refractivity contribution in [1.82, 2.24) is 14.8 Å². The Balaban J connectivity index is 1.49. The van der Waals surface area contributed by atoms with E-state index in [0.717, 1.165) is 68.9 Å². The van der Waals surface area contributed by atoms with Gasteiger partial charge in [0.15, 0.2) is 0 Å². The quantitative estimate of drug-likeness (QED) is 0.821. The first-order chi connectivity index (χ1) is 13.2. The van der Waals surface area contributed by atoms with Crippen molar-refractivity contribution in [3.05, 3.63) is 54.4 Å². The minimum absolute atomic E-state index is 0.0656. The van der Waals surface area contributed by atoms with Crippen molar-refractivity contribution < 1.29 is 9.53 Å². The molecule has 5 nitrogen and oxygen atoms in total. The van der Waals surface area contributed by atoms with Crippen molar-refractivity contribution in [3.63, 3.8) is 0 Å². The molecule has 0 saturated carbocycles. The van der Waals surface area contributed by atoms with Gasteiger partial charge in [-0.05, 0) is 55.3 Å². The summed E-state index contributed by atoms with van der Waals surface area (Å²) in [6.07, 6.45) is 5.74. The molecule has 5 heteroatoms. The Hall–Kier alpha value is -2.24. The van der Waals surface area contributed by atoms with E-state index in [1.54, 1.807) is 12.4 Å². The smallest absolute Gasteiger partial charge is 0.253 e. The van der Waals surface area contributed by atoms with Crippen LogP contribution in [0.1, 0.15) is 23.2 Å². The largest absolute Gasteiger partial charge is 0.379 e. The molecule has 2 fully saturated rings. The molecule has 1 aromatic heterocycles. The highest BCUT2D eigenvalue weighted by Crippen LogP contribution is 2.33. The zero-order chi connectivity index (χ0) is 18.7. The monoisotopic (exact) mass is 365 g/mol. The number of hydrogen-bond donors (Lipinski definition) is 0. The van der Waals surface area contributed by atoms with E-state index >= 15 is 0 Å². The summed E-state index contributed by atoms with van der Waals surface area (Å²) in [5, 5.41) is 0. The maximum Gasteiger partial charge on any atom is 0.253 e. The van der Waals surface area contributed by atoms with Gasteiger partial charge in [0, 0.05) is 49.6 Å². The third-order valence-corrected chi connectivity index (χ3v) is 5.73. The number of piperidine rings is 1. The summed E-state index contributed by atoms with van der Waals surface area (Å²) in [6.45, 7) is 5.10. The molecule has 0 bridgehead atoms. The molecule has 2 saturated heterocycles. The molecule has 1 spiro atoms. The predicted molar refractivity (Wildman–Crippen MR) is 106 cm³/mol. The van der Waals surface area contributed by atoms with E-state index in [1.807, 2.05) is 41.3 Å². The number of benzene rings is 1. The first kappa shape index (κ1) is 18.1. The molecule has 142 valence electrons. The van der Waals surface area contributed by atoms with E-state index in [0.29, 0.717) is 0 Å². The molecule has 27 heavy (non-hydrogen) atoms. The molecule has 0 radical (unpaired) electrons. The molecular weight excluding hydrogens is 338 g/mol. The van der Waals surface area contributed by atoms with Crippen LogP contribution in [0.15, 0.2) is 48.8 Å². The average Bonchev–Trinajstić information content (AvgIpc) is 2.89. The lowest BCUT2D eigenvalue weighted by Crippen LogP contribution is -2.51. The number of aromatic nitrogens is 1. The fourth-order valence-electron chi connectivity index (χ4n) is 4.37. The first-order valence-corrected chi connectivity index (χ1v) is 9.71. The van der Waals surface area contributed by atoms with Crippen LogP contribution >= 0.6 is 0 Å². The highest BCUT2D eigenvalue weighted by atomic mass is 16.5. The van der Waals surface area contributed by atoms with Crippen LogP contribution in [0, 0.1) is 5.41 Å². The molecule has 2 aliphatic heterocycles. The van der Waals surface area contributed by atoms with Crippen LogP contribution in [0.25, 0.3) is 11.1 Å². The minimum atomic E-state index is 0.0656. The maximum absolute atomic E-state index is 13.1. The zero-order valence-corrected chi connectivity index (χ0v) is 15.9. The Morgan fingerprint density at radius 1 is 1.04 bits per heavy atom. The van der Waals surface area contributed by atoms with Crippen LogP contribution in [0.4, 0.5) is 0 Å². The molecular formula is C22H27N3O2. The highest BCUT2D eigenvalue weighted by molar-refractivity contribution is 5.94. The molecule has 2 aromatic rings. The van der Waals surface area contributed by atoms with Crippen molar-refractivity contribution >= 4 is 5.91 Å². The van der Waals surface area contributed by atoms with E-state index < -0.39 is 0 Å². The van der Waals surface area contributed by atoms with Crippen LogP contribution in [-0.4, -0.2) is 67.1 Å². The van der Waals surface area contributed by atoms with Gasteiger partial charge in [-0.15, -0.1) is 0 Å². The van der Waals surface area contributed by atoms with Gasteiger partial charge in [-0.25, -0.2) is 0 Å². The number of carbonyl (C=O) groups is 1. The van der Waals surface area contributed by atoms with Gasteiger partial charge in [0.1, 0.15) is 0 Å². The predicted octanol–water partition coefficient (Wildman–Crippen LogP) is 2.93. The number of pyridine rings is 1. The van der Waals surface area contributed by atoms with Crippen LogP contribution in [-0.2, 0) is 4.74 Å². The van der Waals surface area contributed by atoms with E-state index in [4.69, 9.17) is 4.74 Å². The lowest BCUT2D eigenvalue weighted by Gasteiger charge is -2.43. The summed E-state index contributed by atoms with van der Waals surface area (Å²) in [4.78, 5) is 21.5. The van der Waals surface area contributed by atoms with Gasteiger partial charge in [-0.3, -0.25) is 9.78 Å². The topological polar surface area (TPSA) is 45.7 Å². The molecule has 1 amide bonds. The van der Waals surface area contributed by atoms with Crippen molar-refractivity contribution in [1.29, 1.82) is 0 Å². The average molecular weight is 365 g/mol. The van der Waals surface area contributed by atoms with E-state index in [9.17, 15) is 4.79 Å². The van der Waals surface area contributed by atoms with Crippen LogP contribution in [0.5, 0.6) is 0 Å². The summed E-state index contributed by atoms with van der Waals surface area (Å²) in [5.41, 5.74) is 3.03. The number of rotatable bonds is 2. The highest BCUT2D eigenvalue weighted by Gasteiger charge is 2.39. The van der Waals surface area contributed by atoms with Gasteiger partial charge in [0.05, 0.1) is 13.2 Å². The zero-order valence-electron chi connectivity index (χ0n) is 15.9. The summed E-state index contributed by atoms with van der Waals surface area (Å²) < 4.78 is 5.87. The normalized spacial score (nSPS) is 24.0. The third-order valence-electron chi connectivity index (χ3n) is 5.73. The van der Waals surface area contributed by atoms with Gasteiger partial charge < -0.3 is 14.5 Å².